The fraction of sp³-hybridized carbons (Fsp3) is 0.500. The summed E-state index contributed by atoms with van der Waals surface area (Å²) in [5.41, 5.74) is 0.885. The molecular formula is C18H23ClFN3. The zero-order valence-corrected chi connectivity index (χ0v) is 14.3. The molecule has 1 atom stereocenters. The van der Waals surface area contributed by atoms with Gasteiger partial charge >= 0.3 is 0 Å². The first-order valence-corrected chi connectivity index (χ1v) is 8.65. The third-order valence-corrected chi connectivity index (χ3v) is 5.12. The molecule has 2 aromatic rings. The van der Waals surface area contributed by atoms with E-state index in [1.165, 1.54) is 25.3 Å². The Morgan fingerprint density at radius 3 is 3.00 bits per heavy atom. The highest BCUT2D eigenvalue weighted by molar-refractivity contribution is 6.31. The predicted octanol–water partition coefficient (Wildman–Crippen LogP) is 4.20. The van der Waals surface area contributed by atoms with Crippen LogP contribution in [-0.2, 0) is 20.0 Å². The SMILES string of the molecule is Cn1ccnc1CCC1CCCCN1Cc1cc(F)ccc1Cl. The Kier molecular flexibility index (Phi) is 5.34. The number of hydrogen-bond donors (Lipinski definition) is 0. The van der Waals surface area contributed by atoms with Crippen LogP contribution < -0.4 is 0 Å². The van der Waals surface area contributed by atoms with E-state index in [0.717, 1.165) is 37.3 Å². The van der Waals surface area contributed by atoms with Gasteiger partial charge in [-0.15, -0.1) is 0 Å². The third kappa shape index (κ3) is 4.12. The Morgan fingerprint density at radius 2 is 2.22 bits per heavy atom. The molecule has 1 aliphatic rings. The van der Waals surface area contributed by atoms with E-state index in [4.69, 9.17) is 11.6 Å². The molecule has 0 bridgehead atoms. The molecule has 0 spiro atoms. The Balaban J connectivity index is 1.66. The number of hydrogen-bond acceptors (Lipinski definition) is 2. The van der Waals surface area contributed by atoms with Crippen LogP contribution in [0.5, 0.6) is 0 Å². The van der Waals surface area contributed by atoms with E-state index in [2.05, 4.69) is 14.5 Å². The van der Waals surface area contributed by atoms with Gasteiger partial charge in [-0.2, -0.15) is 0 Å². The summed E-state index contributed by atoms with van der Waals surface area (Å²) in [6.45, 7) is 1.78. The highest BCUT2D eigenvalue weighted by Crippen LogP contribution is 2.26. The first-order valence-electron chi connectivity index (χ1n) is 8.27. The standard InChI is InChI=1S/C18H23ClFN3/c1-22-11-9-21-18(22)8-6-16-4-2-3-10-23(16)13-14-12-15(20)5-7-17(14)19/h5,7,9,11-12,16H,2-4,6,8,10,13H2,1H3. The monoisotopic (exact) mass is 335 g/mol. The van der Waals surface area contributed by atoms with E-state index < -0.39 is 0 Å². The van der Waals surface area contributed by atoms with Crippen molar-refractivity contribution in [2.24, 2.45) is 7.05 Å². The number of aromatic nitrogens is 2. The molecule has 3 nitrogen and oxygen atoms in total. The Labute approximate surface area is 142 Å². The average molecular weight is 336 g/mol. The minimum atomic E-state index is -0.217. The van der Waals surface area contributed by atoms with E-state index in [-0.39, 0.29) is 5.82 Å². The highest BCUT2D eigenvalue weighted by atomic mass is 35.5. The summed E-state index contributed by atoms with van der Waals surface area (Å²) >= 11 is 6.24. The second-order valence-corrected chi connectivity index (χ2v) is 6.76. The number of piperidine rings is 1. The van der Waals surface area contributed by atoms with Crippen LogP contribution in [0.25, 0.3) is 0 Å². The summed E-state index contributed by atoms with van der Waals surface area (Å²) in [7, 11) is 2.04. The molecule has 0 N–H and O–H groups in total. The Morgan fingerprint density at radius 1 is 1.35 bits per heavy atom. The maximum absolute atomic E-state index is 13.5. The van der Waals surface area contributed by atoms with Gasteiger partial charge in [-0.25, -0.2) is 9.37 Å². The van der Waals surface area contributed by atoms with Crippen LogP contribution in [0.4, 0.5) is 4.39 Å². The molecule has 1 aliphatic heterocycles. The van der Waals surface area contributed by atoms with Crippen molar-refractivity contribution in [3.05, 3.63) is 52.8 Å². The first-order chi connectivity index (χ1) is 11.1. The fourth-order valence-corrected chi connectivity index (χ4v) is 3.59. The minimum absolute atomic E-state index is 0.217. The molecule has 2 heterocycles. The molecule has 0 saturated carbocycles. The lowest BCUT2D eigenvalue weighted by Crippen LogP contribution is -2.39. The molecule has 0 radical (unpaired) electrons. The van der Waals surface area contributed by atoms with Crippen molar-refractivity contribution in [3.8, 4) is 0 Å². The van der Waals surface area contributed by atoms with Crippen LogP contribution in [0.3, 0.4) is 0 Å². The van der Waals surface area contributed by atoms with E-state index in [1.807, 2.05) is 19.4 Å². The number of likely N-dealkylation sites (tertiary alicyclic amines) is 1. The van der Waals surface area contributed by atoms with Crippen molar-refractivity contribution in [3.63, 3.8) is 0 Å². The van der Waals surface area contributed by atoms with Gasteiger partial charge in [-0.05, 0) is 49.6 Å². The summed E-state index contributed by atoms with van der Waals surface area (Å²) in [5, 5.41) is 0.653. The largest absolute Gasteiger partial charge is 0.338 e. The smallest absolute Gasteiger partial charge is 0.123 e. The van der Waals surface area contributed by atoms with Crippen molar-refractivity contribution in [1.82, 2.24) is 14.5 Å². The molecular weight excluding hydrogens is 313 g/mol. The van der Waals surface area contributed by atoms with Crippen LogP contribution in [0, 0.1) is 5.82 Å². The zero-order chi connectivity index (χ0) is 16.2. The zero-order valence-electron chi connectivity index (χ0n) is 13.5. The molecule has 1 saturated heterocycles. The molecule has 1 unspecified atom stereocenters. The maximum Gasteiger partial charge on any atom is 0.123 e. The lowest BCUT2D eigenvalue weighted by Gasteiger charge is -2.36. The topological polar surface area (TPSA) is 21.1 Å². The summed E-state index contributed by atoms with van der Waals surface area (Å²) in [4.78, 5) is 6.86. The summed E-state index contributed by atoms with van der Waals surface area (Å²) in [6, 6.07) is 5.15. The fourth-order valence-electron chi connectivity index (χ4n) is 3.41. The number of aryl methyl sites for hydroxylation is 2. The number of benzene rings is 1. The number of rotatable bonds is 5. The van der Waals surface area contributed by atoms with Gasteiger partial charge in [-0.3, -0.25) is 4.90 Å². The summed E-state index contributed by atoms with van der Waals surface area (Å²) in [6.07, 6.45) is 9.54. The molecule has 124 valence electrons. The van der Waals surface area contributed by atoms with E-state index in [1.54, 1.807) is 12.1 Å². The minimum Gasteiger partial charge on any atom is -0.338 e. The molecule has 23 heavy (non-hydrogen) atoms. The van der Waals surface area contributed by atoms with Crippen LogP contribution in [0.2, 0.25) is 5.02 Å². The van der Waals surface area contributed by atoms with E-state index in [0.29, 0.717) is 11.1 Å². The Bertz CT molecular complexity index is 655. The van der Waals surface area contributed by atoms with Crippen molar-refractivity contribution >= 4 is 11.6 Å². The molecule has 3 rings (SSSR count). The molecule has 0 amide bonds. The van der Waals surface area contributed by atoms with Crippen LogP contribution in [-0.4, -0.2) is 27.0 Å². The van der Waals surface area contributed by atoms with Crippen molar-refractivity contribution in [2.75, 3.05) is 6.54 Å². The lowest BCUT2D eigenvalue weighted by atomic mass is 9.97. The second-order valence-electron chi connectivity index (χ2n) is 6.35. The van der Waals surface area contributed by atoms with Crippen molar-refractivity contribution < 1.29 is 4.39 Å². The predicted molar refractivity (Wildman–Crippen MR) is 91.0 cm³/mol. The highest BCUT2D eigenvalue weighted by Gasteiger charge is 2.23. The lowest BCUT2D eigenvalue weighted by molar-refractivity contribution is 0.131. The average Bonchev–Trinajstić information content (AvgIpc) is 2.95. The molecule has 1 fully saturated rings. The summed E-state index contributed by atoms with van der Waals surface area (Å²) in [5.74, 6) is 0.908. The van der Waals surface area contributed by atoms with Gasteiger partial charge in [0.05, 0.1) is 0 Å². The molecule has 1 aromatic carbocycles. The molecule has 0 aliphatic carbocycles. The molecule has 1 aromatic heterocycles. The van der Waals surface area contributed by atoms with Gasteiger partial charge in [0.25, 0.3) is 0 Å². The van der Waals surface area contributed by atoms with Gasteiger partial charge < -0.3 is 4.57 Å². The Hall–Kier alpha value is -1.39. The number of halogens is 2. The van der Waals surface area contributed by atoms with Crippen molar-refractivity contribution in [2.45, 2.75) is 44.7 Å². The van der Waals surface area contributed by atoms with Crippen LogP contribution >= 0.6 is 11.6 Å². The second kappa shape index (κ2) is 7.45. The van der Waals surface area contributed by atoms with E-state index >= 15 is 0 Å². The molecule has 5 heteroatoms. The van der Waals surface area contributed by atoms with E-state index in [9.17, 15) is 4.39 Å². The van der Waals surface area contributed by atoms with Crippen LogP contribution in [0.1, 0.15) is 37.1 Å². The van der Waals surface area contributed by atoms with Gasteiger partial charge in [0.1, 0.15) is 11.6 Å². The first kappa shape index (κ1) is 16.5. The van der Waals surface area contributed by atoms with Gasteiger partial charge in [0, 0.05) is 43.5 Å². The maximum atomic E-state index is 13.5. The van der Waals surface area contributed by atoms with Crippen LogP contribution in [0.15, 0.2) is 30.6 Å². The third-order valence-electron chi connectivity index (χ3n) is 4.75. The summed E-state index contributed by atoms with van der Waals surface area (Å²) < 4.78 is 15.6. The normalized spacial score (nSPS) is 19.2. The van der Waals surface area contributed by atoms with Crippen molar-refractivity contribution in [1.29, 1.82) is 0 Å². The number of imidazole rings is 1. The van der Waals surface area contributed by atoms with Gasteiger partial charge in [0.15, 0.2) is 0 Å². The van der Waals surface area contributed by atoms with Gasteiger partial charge in [0.2, 0.25) is 0 Å². The number of nitrogens with zero attached hydrogens (tertiary/aromatic N) is 3. The quantitative estimate of drug-likeness (QED) is 0.816. The van der Waals surface area contributed by atoms with Gasteiger partial charge in [-0.1, -0.05) is 18.0 Å².